The Morgan fingerprint density at radius 2 is 1.53 bits per heavy atom. The number of fused-ring (bicyclic) bond motifs is 2. The van der Waals surface area contributed by atoms with E-state index in [4.69, 9.17) is 11.6 Å². The van der Waals surface area contributed by atoms with Crippen molar-refractivity contribution in [2.45, 2.75) is 31.5 Å². The zero-order valence-corrected chi connectivity index (χ0v) is 30.9. The van der Waals surface area contributed by atoms with Gasteiger partial charge in [-0.05, 0) is 47.1 Å². The quantitative estimate of drug-likeness (QED) is 0.135. The lowest BCUT2D eigenvalue weighted by atomic mass is 10.00. The van der Waals surface area contributed by atoms with Gasteiger partial charge in [0.15, 0.2) is 0 Å². The van der Waals surface area contributed by atoms with Crippen LogP contribution in [0.3, 0.4) is 0 Å². The summed E-state index contributed by atoms with van der Waals surface area (Å²) >= 11 is 6.09. The molecule has 6 rings (SSSR count). The fraction of sp³-hybridized carbons (Fsp3) is 0.317. The van der Waals surface area contributed by atoms with Crippen molar-refractivity contribution in [3.63, 3.8) is 0 Å². The molecule has 12 heteroatoms. The minimum atomic E-state index is -1.26. The zero-order chi connectivity index (χ0) is 37.3. The number of hydrogen-bond acceptors (Lipinski definition) is 6. The lowest BCUT2D eigenvalue weighted by molar-refractivity contribution is -0.136. The Labute approximate surface area is 314 Å². The van der Waals surface area contributed by atoms with Crippen LogP contribution in [0.4, 0.5) is 0 Å². The number of halogens is 1. The molecule has 0 radical (unpaired) electrons. The summed E-state index contributed by atoms with van der Waals surface area (Å²) in [6.45, 7) is 5.13. The van der Waals surface area contributed by atoms with Crippen molar-refractivity contribution in [3.8, 4) is 0 Å². The Kier molecular flexibility index (Phi) is 12.4. The largest absolute Gasteiger partial charge is 0.360 e. The van der Waals surface area contributed by atoms with E-state index in [-0.39, 0.29) is 31.2 Å². The number of nitrogens with one attached hydrogen (secondary N) is 4. The normalized spacial score (nSPS) is 14.8. The van der Waals surface area contributed by atoms with E-state index in [0.717, 1.165) is 53.6 Å². The van der Waals surface area contributed by atoms with Gasteiger partial charge in [0, 0.05) is 81.4 Å². The van der Waals surface area contributed by atoms with Gasteiger partial charge in [-0.15, -0.1) is 0 Å². The average Bonchev–Trinajstić information content (AvgIpc) is 3.60. The molecule has 1 aromatic heterocycles. The van der Waals surface area contributed by atoms with Crippen LogP contribution in [0.1, 0.15) is 27.9 Å². The highest BCUT2D eigenvalue weighted by molar-refractivity contribution is 6.30. The van der Waals surface area contributed by atoms with Crippen LogP contribution in [0.15, 0.2) is 97.2 Å². The van der Waals surface area contributed by atoms with Gasteiger partial charge in [0.2, 0.25) is 17.7 Å². The number of likely N-dealkylation sites (N-methyl/N-ethyl adjacent to an activating group) is 2. The molecule has 5 aromatic rings. The third kappa shape index (κ3) is 10.0. The molecule has 2 atom stereocenters. The topological polar surface area (TPSA) is 130 Å². The van der Waals surface area contributed by atoms with Gasteiger partial charge >= 0.3 is 0 Å². The van der Waals surface area contributed by atoms with Crippen molar-refractivity contribution in [1.29, 1.82) is 0 Å². The molecule has 276 valence electrons. The SMILES string of the molecule is CN1CCN(CCNC(=O)C[C@H](NC(=O)c2c[nH]c3ccccc23)C(=O)N[C@@H](Cc2ccc3ccccc3c2)C(=O)N(C)Cc2ccc(Cl)cc2)CC1. The number of aromatic amines is 1. The van der Waals surface area contributed by atoms with Crippen LogP contribution >= 0.6 is 11.6 Å². The fourth-order valence-electron chi connectivity index (χ4n) is 6.67. The Bertz CT molecular complexity index is 2060. The Morgan fingerprint density at radius 3 is 2.30 bits per heavy atom. The molecule has 1 aliphatic rings. The average molecular weight is 736 g/mol. The summed E-state index contributed by atoms with van der Waals surface area (Å²) in [5.41, 5.74) is 2.84. The van der Waals surface area contributed by atoms with Crippen LogP contribution in [0.25, 0.3) is 21.7 Å². The number of hydrogen-bond donors (Lipinski definition) is 4. The number of amides is 4. The number of nitrogens with zero attached hydrogens (tertiary/aromatic N) is 3. The van der Waals surface area contributed by atoms with Crippen LogP contribution in [0.5, 0.6) is 0 Å². The molecular weight excluding hydrogens is 690 g/mol. The van der Waals surface area contributed by atoms with E-state index in [9.17, 15) is 19.2 Å². The van der Waals surface area contributed by atoms with E-state index in [1.54, 1.807) is 30.3 Å². The number of carbonyl (C=O) groups is 4. The highest BCUT2D eigenvalue weighted by Gasteiger charge is 2.31. The lowest BCUT2D eigenvalue weighted by Gasteiger charge is -2.32. The molecule has 1 aliphatic heterocycles. The van der Waals surface area contributed by atoms with E-state index in [2.05, 4.69) is 37.8 Å². The van der Waals surface area contributed by atoms with E-state index in [1.807, 2.05) is 78.9 Å². The number of carbonyl (C=O) groups excluding carboxylic acids is 4. The predicted molar refractivity (Wildman–Crippen MR) is 209 cm³/mol. The first kappa shape index (κ1) is 37.5. The third-order valence-electron chi connectivity index (χ3n) is 9.77. The van der Waals surface area contributed by atoms with Crippen molar-refractivity contribution >= 4 is 56.9 Å². The Morgan fingerprint density at radius 1 is 0.830 bits per heavy atom. The molecule has 53 heavy (non-hydrogen) atoms. The van der Waals surface area contributed by atoms with E-state index in [1.165, 1.54) is 0 Å². The molecule has 0 saturated carbocycles. The maximum Gasteiger partial charge on any atom is 0.254 e. The number of aromatic nitrogens is 1. The second kappa shape index (κ2) is 17.5. The van der Waals surface area contributed by atoms with Gasteiger partial charge in [0.25, 0.3) is 5.91 Å². The number of para-hydroxylation sites is 1. The van der Waals surface area contributed by atoms with Crippen molar-refractivity contribution in [1.82, 2.24) is 35.6 Å². The second-order valence-electron chi connectivity index (χ2n) is 13.7. The molecule has 0 spiro atoms. The van der Waals surface area contributed by atoms with Crippen LogP contribution in [-0.4, -0.2) is 109 Å². The maximum atomic E-state index is 14.2. The van der Waals surface area contributed by atoms with Crippen LogP contribution in [0, 0.1) is 0 Å². The Balaban J connectivity index is 1.21. The van der Waals surface area contributed by atoms with Gasteiger partial charge in [0.1, 0.15) is 12.1 Å². The minimum absolute atomic E-state index is 0.195. The molecule has 0 unspecified atom stereocenters. The lowest BCUT2D eigenvalue weighted by Crippen LogP contribution is -2.55. The molecule has 0 bridgehead atoms. The van der Waals surface area contributed by atoms with E-state index in [0.29, 0.717) is 29.1 Å². The molecule has 1 saturated heterocycles. The van der Waals surface area contributed by atoms with Gasteiger partial charge in [-0.2, -0.15) is 0 Å². The van der Waals surface area contributed by atoms with Crippen LogP contribution in [-0.2, 0) is 27.3 Å². The summed E-state index contributed by atoms with van der Waals surface area (Å²) < 4.78 is 0. The summed E-state index contributed by atoms with van der Waals surface area (Å²) in [5.74, 6) is -1.84. The second-order valence-corrected chi connectivity index (χ2v) is 14.2. The van der Waals surface area contributed by atoms with Crippen LogP contribution < -0.4 is 16.0 Å². The third-order valence-corrected chi connectivity index (χ3v) is 10.0. The first-order chi connectivity index (χ1) is 25.6. The summed E-state index contributed by atoms with van der Waals surface area (Å²) in [6.07, 6.45) is 1.48. The molecule has 1 fully saturated rings. The number of rotatable bonds is 14. The number of H-pyrrole nitrogens is 1. The van der Waals surface area contributed by atoms with E-state index < -0.39 is 23.9 Å². The van der Waals surface area contributed by atoms with Crippen molar-refractivity contribution < 1.29 is 19.2 Å². The maximum absolute atomic E-state index is 14.2. The number of piperazine rings is 1. The summed E-state index contributed by atoms with van der Waals surface area (Å²) in [5, 5.41) is 12.0. The first-order valence-electron chi connectivity index (χ1n) is 17.9. The number of benzene rings is 4. The van der Waals surface area contributed by atoms with Crippen molar-refractivity contribution in [2.75, 3.05) is 53.4 Å². The van der Waals surface area contributed by atoms with E-state index >= 15 is 0 Å². The van der Waals surface area contributed by atoms with Gasteiger partial charge in [-0.3, -0.25) is 24.1 Å². The smallest absolute Gasteiger partial charge is 0.254 e. The standard InChI is InChI=1S/C41H46ClN7O4/c1-47-19-21-49(22-20-47)18-17-43-38(50)25-36(45-39(51)34-26-44-35-10-6-5-9-33(34)35)40(52)46-37(24-29-11-14-30-7-3-4-8-31(30)23-29)41(53)48(2)27-28-12-15-32(42)16-13-28/h3-16,23,26,36-37,44H,17-22,24-25,27H2,1-2H3,(H,43,50)(H,45,51)(H,46,52)/t36-,37-/m0/s1. The molecule has 4 aromatic carbocycles. The van der Waals surface area contributed by atoms with Crippen molar-refractivity contribution in [3.05, 3.63) is 119 Å². The molecule has 4 N–H and O–H groups in total. The van der Waals surface area contributed by atoms with Gasteiger partial charge in [0.05, 0.1) is 12.0 Å². The minimum Gasteiger partial charge on any atom is -0.360 e. The van der Waals surface area contributed by atoms with Crippen LogP contribution in [0.2, 0.25) is 5.02 Å². The summed E-state index contributed by atoms with van der Waals surface area (Å²) in [7, 11) is 3.77. The first-order valence-corrected chi connectivity index (χ1v) is 18.3. The molecule has 4 amide bonds. The zero-order valence-electron chi connectivity index (χ0n) is 30.1. The molecule has 0 aliphatic carbocycles. The highest BCUT2D eigenvalue weighted by atomic mass is 35.5. The molecule has 2 heterocycles. The van der Waals surface area contributed by atoms with Gasteiger partial charge in [-0.1, -0.05) is 84.4 Å². The van der Waals surface area contributed by atoms with Crippen molar-refractivity contribution in [2.24, 2.45) is 0 Å². The summed E-state index contributed by atoms with van der Waals surface area (Å²) in [6, 6.07) is 26.2. The molecule has 11 nitrogen and oxygen atoms in total. The van der Waals surface area contributed by atoms with Gasteiger partial charge in [-0.25, -0.2) is 0 Å². The van der Waals surface area contributed by atoms with Gasteiger partial charge < -0.3 is 30.7 Å². The highest BCUT2D eigenvalue weighted by Crippen LogP contribution is 2.20. The fourth-order valence-corrected chi connectivity index (χ4v) is 6.79. The monoisotopic (exact) mass is 735 g/mol. The predicted octanol–water partition coefficient (Wildman–Crippen LogP) is 4.21. The summed E-state index contributed by atoms with van der Waals surface area (Å²) in [4.78, 5) is 64.6. The Hall–Kier alpha value is -5.23. The molecular formula is C41H46ClN7O4.